The van der Waals surface area contributed by atoms with Gasteiger partial charge in [0.1, 0.15) is 18.2 Å². The lowest BCUT2D eigenvalue weighted by Crippen LogP contribution is -2.47. The molecule has 4 aromatic rings. The standard InChI is InChI=1S/C24H24FN5O2S2/c1-27-19-8-4-2-6-17(19)21(14-23(27)31)32-15-22-26-30(24(33)34-22)16-28-10-12-29(13-11-28)20-9-5-3-7-18(20)25/h2-9,14H,10-13,15-16H2,1H3. The summed E-state index contributed by atoms with van der Waals surface area (Å²) in [5.74, 6) is 0.349. The molecule has 0 atom stereocenters. The van der Waals surface area contributed by atoms with Crippen LogP contribution in [0.1, 0.15) is 5.01 Å². The fourth-order valence-corrected chi connectivity index (χ4v) is 5.21. The van der Waals surface area contributed by atoms with Crippen LogP contribution in [0.3, 0.4) is 0 Å². The van der Waals surface area contributed by atoms with Crippen LogP contribution in [0.25, 0.3) is 10.9 Å². The van der Waals surface area contributed by atoms with Gasteiger partial charge in [0.25, 0.3) is 5.56 Å². The molecule has 2 aromatic carbocycles. The first-order valence-corrected chi connectivity index (χ1v) is 12.2. The number of fused-ring (bicyclic) bond motifs is 1. The monoisotopic (exact) mass is 497 g/mol. The van der Waals surface area contributed by atoms with Crippen molar-refractivity contribution in [3.63, 3.8) is 0 Å². The molecule has 3 heterocycles. The first-order valence-electron chi connectivity index (χ1n) is 11.0. The van der Waals surface area contributed by atoms with Crippen molar-refractivity contribution in [2.24, 2.45) is 7.05 Å². The molecule has 0 unspecified atom stereocenters. The van der Waals surface area contributed by atoms with Crippen molar-refractivity contribution < 1.29 is 9.13 Å². The summed E-state index contributed by atoms with van der Waals surface area (Å²) in [6.45, 7) is 3.88. The number of ether oxygens (including phenoxy) is 1. The maximum atomic E-state index is 14.1. The van der Waals surface area contributed by atoms with Crippen molar-refractivity contribution in [2.45, 2.75) is 13.3 Å². The Morgan fingerprint density at radius 2 is 1.82 bits per heavy atom. The van der Waals surface area contributed by atoms with Gasteiger partial charge in [-0.3, -0.25) is 9.69 Å². The van der Waals surface area contributed by atoms with E-state index in [-0.39, 0.29) is 18.0 Å². The number of halogens is 1. The minimum absolute atomic E-state index is 0.124. The average Bonchev–Trinajstić information content (AvgIpc) is 3.20. The summed E-state index contributed by atoms with van der Waals surface area (Å²) >= 11 is 6.93. The summed E-state index contributed by atoms with van der Waals surface area (Å²) in [7, 11) is 1.75. The average molecular weight is 498 g/mol. The van der Waals surface area contributed by atoms with Gasteiger partial charge >= 0.3 is 0 Å². The molecule has 0 radical (unpaired) electrons. The predicted octanol–water partition coefficient (Wildman–Crippen LogP) is 4.02. The van der Waals surface area contributed by atoms with Gasteiger partial charge in [-0.05, 0) is 36.5 Å². The van der Waals surface area contributed by atoms with Gasteiger partial charge in [0.2, 0.25) is 0 Å². The number of aromatic nitrogens is 3. The number of aryl methyl sites for hydroxylation is 1. The van der Waals surface area contributed by atoms with E-state index in [0.717, 1.165) is 42.1 Å². The lowest BCUT2D eigenvalue weighted by Gasteiger charge is -2.35. The Bertz CT molecular complexity index is 1440. The van der Waals surface area contributed by atoms with E-state index in [1.165, 1.54) is 23.5 Å². The van der Waals surface area contributed by atoms with E-state index in [2.05, 4.69) is 14.9 Å². The van der Waals surface area contributed by atoms with E-state index in [1.807, 2.05) is 36.4 Å². The molecule has 1 aliphatic rings. The first kappa shape index (κ1) is 22.7. The molecule has 1 fully saturated rings. The second-order valence-electron chi connectivity index (χ2n) is 8.17. The van der Waals surface area contributed by atoms with E-state index in [9.17, 15) is 9.18 Å². The number of piperazine rings is 1. The SMILES string of the molecule is Cn1c(=O)cc(OCc2nn(CN3CCN(c4ccccc4F)CC3)c(=S)s2)c2ccccc21. The molecule has 2 aromatic heterocycles. The van der Waals surface area contributed by atoms with E-state index < -0.39 is 0 Å². The Balaban J connectivity index is 1.23. The van der Waals surface area contributed by atoms with Gasteiger partial charge in [0.15, 0.2) is 8.96 Å². The lowest BCUT2D eigenvalue weighted by molar-refractivity contribution is 0.193. The van der Waals surface area contributed by atoms with Crippen LogP contribution in [0, 0.1) is 9.77 Å². The summed E-state index contributed by atoms with van der Waals surface area (Å²) in [6, 6.07) is 16.0. The van der Waals surface area contributed by atoms with Crippen molar-refractivity contribution in [1.82, 2.24) is 19.2 Å². The van der Waals surface area contributed by atoms with Crippen molar-refractivity contribution in [1.29, 1.82) is 0 Å². The summed E-state index contributed by atoms with van der Waals surface area (Å²) < 4.78 is 24.2. The highest BCUT2D eigenvalue weighted by molar-refractivity contribution is 7.73. The normalized spacial score (nSPS) is 14.6. The zero-order valence-corrected chi connectivity index (χ0v) is 20.3. The molecular formula is C24H24FN5O2S2. The second-order valence-corrected chi connectivity index (χ2v) is 9.88. The summed E-state index contributed by atoms with van der Waals surface area (Å²) in [6.07, 6.45) is 0. The smallest absolute Gasteiger partial charge is 0.254 e. The maximum Gasteiger partial charge on any atom is 0.254 e. The zero-order chi connectivity index (χ0) is 23.7. The highest BCUT2D eigenvalue weighted by Gasteiger charge is 2.20. The van der Waals surface area contributed by atoms with Gasteiger partial charge in [-0.2, -0.15) is 5.10 Å². The number of hydrogen-bond acceptors (Lipinski definition) is 7. The first-order chi connectivity index (χ1) is 16.5. The highest BCUT2D eigenvalue weighted by Crippen LogP contribution is 2.25. The molecule has 1 saturated heterocycles. The van der Waals surface area contributed by atoms with Crippen LogP contribution >= 0.6 is 23.6 Å². The van der Waals surface area contributed by atoms with Crippen molar-refractivity contribution >= 4 is 40.1 Å². The van der Waals surface area contributed by atoms with E-state index in [4.69, 9.17) is 17.0 Å². The Morgan fingerprint density at radius 1 is 1.09 bits per heavy atom. The number of pyridine rings is 1. The molecule has 0 bridgehead atoms. The van der Waals surface area contributed by atoms with Gasteiger partial charge < -0.3 is 14.2 Å². The zero-order valence-electron chi connectivity index (χ0n) is 18.7. The van der Waals surface area contributed by atoms with Crippen molar-refractivity contribution in [3.05, 3.63) is 79.7 Å². The number of hydrogen-bond donors (Lipinski definition) is 0. The molecule has 0 aliphatic carbocycles. The Labute approximate surface area is 205 Å². The highest BCUT2D eigenvalue weighted by atomic mass is 32.1. The summed E-state index contributed by atoms with van der Waals surface area (Å²) in [5, 5.41) is 6.26. The van der Waals surface area contributed by atoms with Gasteiger partial charge in [0, 0.05) is 44.7 Å². The maximum absolute atomic E-state index is 14.1. The molecule has 0 spiro atoms. The van der Waals surface area contributed by atoms with Gasteiger partial charge in [-0.25, -0.2) is 9.07 Å². The molecule has 5 rings (SSSR count). The van der Waals surface area contributed by atoms with Gasteiger partial charge in [0.05, 0.1) is 17.9 Å². The minimum Gasteiger partial charge on any atom is -0.485 e. The fourth-order valence-electron chi connectivity index (χ4n) is 4.16. The quantitative estimate of drug-likeness (QED) is 0.375. The van der Waals surface area contributed by atoms with E-state index >= 15 is 0 Å². The van der Waals surface area contributed by atoms with Gasteiger partial charge in [-0.1, -0.05) is 35.6 Å². The molecule has 10 heteroatoms. The fraction of sp³-hybridized carbons (Fsp3) is 0.292. The van der Waals surface area contributed by atoms with Crippen LogP contribution in [0.2, 0.25) is 0 Å². The largest absolute Gasteiger partial charge is 0.485 e. The molecule has 34 heavy (non-hydrogen) atoms. The number of rotatable bonds is 6. The number of para-hydroxylation sites is 2. The van der Waals surface area contributed by atoms with Crippen molar-refractivity contribution in [3.8, 4) is 5.75 Å². The van der Waals surface area contributed by atoms with E-state index in [0.29, 0.717) is 22.1 Å². The van der Waals surface area contributed by atoms with Gasteiger partial charge in [-0.15, -0.1) is 0 Å². The van der Waals surface area contributed by atoms with Crippen molar-refractivity contribution in [2.75, 3.05) is 31.1 Å². The van der Waals surface area contributed by atoms with Crippen LogP contribution in [0.4, 0.5) is 10.1 Å². The third kappa shape index (κ3) is 4.61. The molecular weight excluding hydrogens is 473 g/mol. The predicted molar refractivity (Wildman–Crippen MR) is 135 cm³/mol. The molecule has 176 valence electrons. The molecule has 1 aliphatic heterocycles. The number of nitrogens with zero attached hydrogens (tertiary/aromatic N) is 5. The molecule has 0 saturated carbocycles. The summed E-state index contributed by atoms with van der Waals surface area (Å²) in [5.41, 5.74) is 1.34. The second kappa shape index (κ2) is 9.65. The topological polar surface area (TPSA) is 55.5 Å². The van der Waals surface area contributed by atoms with Crippen LogP contribution in [-0.2, 0) is 20.3 Å². The number of anilines is 1. The molecule has 0 N–H and O–H groups in total. The summed E-state index contributed by atoms with van der Waals surface area (Å²) in [4.78, 5) is 16.6. The molecule has 7 nitrogen and oxygen atoms in total. The van der Waals surface area contributed by atoms with Crippen LogP contribution in [0.5, 0.6) is 5.75 Å². The Morgan fingerprint density at radius 3 is 2.62 bits per heavy atom. The Hall–Kier alpha value is -3.08. The van der Waals surface area contributed by atoms with Crippen LogP contribution < -0.4 is 15.2 Å². The molecule has 0 amide bonds. The van der Waals surface area contributed by atoms with Crippen LogP contribution in [0.15, 0.2) is 59.4 Å². The lowest BCUT2D eigenvalue weighted by atomic mass is 10.2. The Kier molecular flexibility index (Phi) is 6.44. The van der Waals surface area contributed by atoms with Crippen LogP contribution in [-0.4, -0.2) is 45.4 Å². The van der Waals surface area contributed by atoms with E-state index in [1.54, 1.807) is 22.4 Å². The third-order valence-corrected chi connectivity index (χ3v) is 7.30. The minimum atomic E-state index is -0.189. The third-order valence-electron chi connectivity index (χ3n) is 6.01. The number of benzene rings is 2.